The van der Waals surface area contributed by atoms with E-state index < -0.39 is 27.3 Å². The Balaban J connectivity index is 1.41. The van der Waals surface area contributed by atoms with E-state index in [1.54, 1.807) is 58.2 Å². The molecule has 2 aromatic carbocycles. The third-order valence-corrected chi connectivity index (χ3v) is 7.39. The monoisotopic (exact) mass is 612 g/mol. The van der Waals surface area contributed by atoms with Gasteiger partial charge < -0.3 is 10.1 Å². The summed E-state index contributed by atoms with van der Waals surface area (Å²) in [5.41, 5.74) is 2.72. The van der Waals surface area contributed by atoms with E-state index in [1.807, 2.05) is 6.92 Å². The maximum Gasteiger partial charge on any atom is 0.412 e. The lowest BCUT2D eigenvalue weighted by Gasteiger charge is -2.19. The Kier molecular flexibility index (Phi) is 9.20. The van der Waals surface area contributed by atoms with Crippen LogP contribution in [0.25, 0.3) is 0 Å². The summed E-state index contributed by atoms with van der Waals surface area (Å²) in [4.78, 5) is 41.9. The van der Waals surface area contributed by atoms with Crippen molar-refractivity contribution >= 4 is 44.9 Å². The molecular formula is C32H32N6O5S. The Morgan fingerprint density at radius 3 is 2.27 bits per heavy atom. The zero-order chi connectivity index (χ0) is 32.1. The number of amides is 3. The van der Waals surface area contributed by atoms with Gasteiger partial charge in [0.25, 0.3) is 11.8 Å². The number of pyridine rings is 1. The average Bonchev–Trinajstić information content (AvgIpc) is 3.29. The molecule has 0 bridgehead atoms. The van der Waals surface area contributed by atoms with Crippen LogP contribution in [0.3, 0.4) is 0 Å². The maximum absolute atomic E-state index is 13.3. The van der Waals surface area contributed by atoms with Crippen molar-refractivity contribution in [2.75, 3.05) is 10.6 Å². The SMILES string of the molecule is C=S(=O)(NC(=O)c1cncc(C#Cc2cccc(NC(=O)c3cc(C)nn3C)c2)c1)c1ccc(NC(=O)OC(C)(C)C)cc1. The van der Waals surface area contributed by atoms with Crippen molar-refractivity contribution in [3.63, 3.8) is 0 Å². The van der Waals surface area contributed by atoms with Gasteiger partial charge in [-0.2, -0.15) is 5.10 Å². The fourth-order valence-electron chi connectivity index (χ4n) is 3.92. The van der Waals surface area contributed by atoms with Crippen molar-refractivity contribution in [3.8, 4) is 11.8 Å². The van der Waals surface area contributed by atoms with Crippen LogP contribution in [0.15, 0.2) is 78.0 Å². The summed E-state index contributed by atoms with van der Waals surface area (Å²) in [6.45, 7) is 7.07. The second-order valence-corrected chi connectivity index (χ2v) is 12.8. The molecule has 0 saturated carbocycles. The normalized spacial score (nSPS) is 12.2. The highest BCUT2D eigenvalue weighted by molar-refractivity contribution is 7.99. The molecule has 226 valence electrons. The first kappa shape index (κ1) is 31.5. The molecule has 0 saturated heterocycles. The van der Waals surface area contributed by atoms with E-state index in [-0.39, 0.29) is 16.4 Å². The van der Waals surface area contributed by atoms with Gasteiger partial charge in [-0.05, 0) is 88.2 Å². The maximum atomic E-state index is 13.3. The lowest BCUT2D eigenvalue weighted by molar-refractivity contribution is 0.0635. The van der Waals surface area contributed by atoms with Crippen LogP contribution >= 0.6 is 0 Å². The average molecular weight is 613 g/mol. The molecule has 0 aliphatic carbocycles. The van der Waals surface area contributed by atoms with Gasteiger partial charge in [-0.3, -0.25) is 29.3 Å². The summed E-state index contributed by atoms with van der Waals surface area (Å²) >= 11 is 0. The van der Waals surface area contributed by atoms with E-state index in [0.717, 1.165) is 5.69 Å². The summed E-state index contributed by atoms with van der Waals surface area (Å²) in [7, 11) is -1.53. The lowest BCUT2D eigenvalue weighted by Crippen LogP contribution is -2.30. The Hall–Kier alpha value is -5.41. The van der Waals surface area contributed by atoms with Crippen LogP contribution in [0, 0.1) is 18.8 Å². The highest BCUT2D eigenvalue weighted by Crippen LogP contribution is 2.17. The number of aromatic nitrogens is 3. The fraction of sp³-hybridized carbons (Fsp3) is 0.188. The van der Waals surface area contributed by atoms with Gasteiger partial charge >= 0.3 is 6.09 Å². The van der Waals surface area contributed by atoms with Crippen molar-refractivity contribution in [3.05, 3.63) is 101 Å². The highest BCUT2D eigenvalue weighted by atomic mass is 32.2. The van der Waals surface area contributed by atoms with Crippen LogP contribution in [0.5, 0.6) is 0 Å². The molecule has 1 unspecified atom stereocenters. The molecule has 4 rings (SSSR count). The largest absolute Gasteiger partial charge is 0.444 e. The third-order valence-electron chi connectivity index (χ3n) is 5.84. The van der Waals surface area contributed by atoms with Crippen molar-refractivity contribution in [1.82, 2.24) is 19.5 Å². The number of nitrogens with zero attached hydrogens (tertiary/aromatic N) is 3. The molecule has 3 N–H and O–H groups in total. The Morgan fingerprint density at radius 2 is 1.61 bits per heavy atom. The molecule has 12 heteroatoms. The van der Waals surface area contributed by atoms with E-state index in [4.69, 9.17) is 4.74 Å². The minimum Gasteiger partial charge on any atom is -0.444 e. The number of rotatable bonds is 6. The van der Waals surface area contributed by atoms with Gasteiger partial charge in [-0.15, -0.1) is 0 Å². The summed E-state index contributed by atoms with van der Waals surface area (Å²) < 4.78 is 22.5. The molecule has 0 fully saturated rings. The van der Waals surface area contributed by atoms with Gasteiger partial charge in [0, 0.05) is 46.8 Å². The molecule has 11 nitrogen and oxygen atoms in total. The molecule has 0 radical (unpaired) electrons. The first-order valence-corrected chi connectivity index (χ1v) is 15.1. The second-order valence-electron chi connectivity index (χ2n) is 10.8. The van der Waals surface area contributed by atoms with Crippen LogP contribution in [-0.2, 0) is 21.5 Å². The molecular weight excluding hydrogens is 580 g/mol. The number of hydrogen-bond acceptors (Lipinski definition) is 7. The standard InChI is InChI=1S/C32H32N6O5S/c1-21-16-28(38(5)36-21)30(40)34-26-9-7-8-22(18-26)10-11-23-17-24(20-33-19-23)29(39)37-44(6,42)27-14-12-25(13-15-27)35-31(41)43-32(2,3)4/h7-9,12-20H,6H2,1-5H3,(H,34,40)(H,35,41)(H,37,39,42). The number of carbonyl (C=O) groups is 3. The number of hydrogen-bond donors (Lipinski definition) is 3. The van der Waals surface area contributed by atoms with Crippen molar-refractivity contribution in [1.29, 1.82) is 0 Å². The highest BCUT2D eigenvalue weighted by Gasteiger charge is 2.18. The molecule has 0 spiro atoms. The van der Waals surface area contributed by atoms with Gasteiger partial charge in [-0.1, -0.05) is 17.9 Å². The zero-order valence-corrected chi connectivity index (χ0v) is 25.7. The quantitative estimate of drug-likeness (QED) is 0.214. The number of carbonyl (C=O) groups excluding carboxylic acids is 3. The van der Waals surface area contributed by atoms with E-state index in [0.29, 0.717) is 28.2 Å². The minimum atomic E-state index is -3.23. The molecule has 2 heterocycles. The predicted octanol–water partition coefficient (Wildman–Crippen LogP) is 4.54. The first-order valence-electron chi connectivity index (χ1n) is 13.4. The summed E-state index contributed by atoms with van der Waals surface area (Å²) in [6, 6.07) is 16.3. The minimum absolute atomic E-state index is 0.142. The fourth-order valence-corrected chi connectivity index (χ4v) is 5.03. The van der Waals surface area contributed by atoms with Gasteiger partial charge in [0.1, 0.15) is 11.3 Å². The molecule has 44 heavy (non-hydrogen) atoms. The van der Waals surface area contributed by atoms with Crippen LogP contribution in [0.4, 0.5) is 16.2 Å². The van der Waals surface area contributed by atoms with Crippen LogP contribution < -0.4 is 15.4 Å². The van der Waals surface area contributed by atoms with Crippen LogP contribution in [-0.4, -0.2) is 48.4 Å². The molecule has 1 atom stereocenters. The van der Waals surface area contributed by atoms with Crippen LogP contribution in [0.2, 0.25) is 0 Å². The van der Waals surface area contributed by atoms with E-state index >= 15 is 0 Å². The number of anilines is 2. The summed E-state index contributed by atoms with van der Waals surface area (Å²) in [5.74, 6) is 8.72. The second kappa shape index (κ2) is 12.8. The number of ether oxygens (including phenoxy) is 1. The Morgan fingerprint density at radius 1 is 0.909 bits per heavy atom. The summed E-state index contributed by atoms with van der Waals surface area (Å²) in [6.07, 6.45) is 2.21. The van der Waals surface area contributed by atoms with Crippen molar-refractivity contribution in [2.45, 2.75) is 38.2 Å². The Bertz CT molecular complexity index is 1900. The smallest absolute Gasteiger partial charge is 0.412 e. The van der Waals surface area contributed by atoms with Gasteiger partial charge in [0.05, 0.1) is 21.0 Å². The first-order chi connectivity index (χ1) is 20.7. The Labute approximate surface area is 256 Å². The van der Waals surface area contributed by atoms with E-state index in [2.05, 4.69) is 43.1 Å². The van der Waals surface area contributed by atoms with Gasteiger partial charge in [0.15, 0.2) is 0 Å². The zero-order valence-electron chi connectivity index (χ0n) is 24.9. The van der Waals surface area contributed by atoms with E-state index in [1.165, 1.54) is 47.4 Å². The number of benzene rings is 2. The molecule has 0 aliphatic heterocycles. The lowest BCUT2D eigenvalue weighted by atomic mass is 10.1. The van der Waals surface area contributed by atoms with Crippen molar-refractivity contribution < 1.29 is 23.3 Å². The molecule has 3 amide bonds. The molecule has 4 aromatic rings. The topological polar surface area (TPSA) is 144 Å². The number of aryl methyl sites for hydroxylation is 2. The third kappa shape index (κ3) is 8.56. The summed E-state index contributed by atoms with van der Waals surface area (Å²) in [5, 5.41) is 9.62. The van der Waals surface area contributed by atoms with E-state index in [9.17, 15) is 18.6 Å². The predicted molar refractivity (Wildman–Crippen MR) is 170 cm³/mol. The molecule has 0 aliphatic rings. The van der Waals surface area contributed by atoms with Gasteiger partial charge in [-0.25, -0.2) is 9.00 Å². The van der Waals surface area contributed by atoms with Crippen molar-refractivity contribution in [2.24, 2.45) is 7.05 Å². The van der Waals surface area contributed by atoms with Crippen LogP contribution in [0.1, 0.15) is 58.4 Å². The number of nitrogens with one attached hydrogen (secondary N) is 3. The molecule has 2 aromatic heterocycles. The van der Waals surface area contributed by atoms with Gasteiger partial charge in [0.2, 0.25) is 0 Å².